The fourth-order valence-electron chi connectivity index (χ4n) is 1.61. The van der Waals surface area contributed by atoms with Crippen molar-refractivity contribution in [2.45, 2.75) is 20.3 Å². The van der Waals surface area contributed by atoms with Crippen LogP contribution in [-0.2, 0) is 0 Å². The van der Waals surface area contributed by atoms with Gasteiger partial charge in [0.1, 0.15) is 0 Å². The fraction of sp³-hybridized carbons (Fsp3) is 0.462. The molecule has 0 spiro atoms. The summed E-state index contributed by atoms with van der Waals surface area (Å²) in [5, 5.41) is 9.53. The van der Waals surface area contributed by atoms with Crippen LogP contribution < -0.4 is 0 Å². The molecule has 0 aliphatic rings. The second-order valence-corrected chi connectivity index (χ2v) is 4.39. The van der Waals surface area contributed by atoms with E-state index in [1.54, 1.807) is 17.0 Å². The molecule has 0 saturated heterocycles. The Hall–Kier alpha value is -1.06. The van der Waals surface area contributed by atoms with Gasteiger partial charge in [-0.15, -0.1) is 0 Å². The summed E-state index contributed by atoms with van der Waals surface area (Å²) >= 11 is 6.00. The summed E-state index contributed by atoms with van der Waals surface area (Å²) in [6.07, 6.45) is 0.866. The molecule has 1 amide bonds. The molecule has 0 aliphatic heterocycles. The predicted molar refractivity (Wildman–Crippen MR) is 69.5 cm³/mol. The molecular formula is C13H18ClNO2. The number of aliphatic hydroxyl groups is 1. The van der Waals surface area contributed by atoms with E-state index in [0.717, 1.165) is 12.0 Å². The Morgan fingerprint density at radius 2 is 2.12 bits per heavy atom. The van der Waals surface area contributed by atoms with Crippen LogP contribution >= 0.6 is 11.6 Å². The Kier molecular flexibility index (Phi) is 5.45. The van der Waals surface area contributed by atoms with E-state index in [1.807, 2.05) is 19.9 Å². The molecule has 0 heterocycles. The zero-order valence-corrected chi connectivity index (χ0v) is 11.0. The molecule has 0 aromatic heterocycles. The number of amides is 1. The monoisotopic (exact) mass is 255 g/mol. The molecule has 1 rings (SSSR count). The van der Waals surface area contributed by atoms with E-state index in [2.05, 4.69) is 0 Å². The maximum Gasteiger partial charge on any atom is 0.253 e. The Bertz CT molecular complexity index is 387. The minimum atomic E-state index is -0.0807. The Labute approximate surface area is 107 Å². The van der Waals surface area contributed by atoms with Gasteiger partial charge in [0.15, 0.2) is 0 Å². The lowest BCUT2D eigenvalue weighted by Crippen LogP contribution is -2.34. The van der Waals surface area contributed by atoms with Crippen molar-refractivity contribution in [1.29, 1.82) is 0 Å². The molecule has 0 bridgehead atoms. The van der Waals surface area contributed by atoms with Gasteiger partial charge in [0.25, 0.3) is 5.91 Å². The van der Waals surface area contributed by atoms with Gasteiger partial charge in [0.05, 0.1) is 6.61 Å². The van der Waals surface area contributed by atoms with Gasteiger partial charge < -0.3 is 10.0 Å². The van der Waals surface area contributed by atoms with Gasteiger partial charge >= 0.3 is 0 Å². The smallest absolute Gasteiger partial charge is 0.253 e. The van der Waals surface area contributed by atoms with E-state index in [-0.39, 0.29) is 12.5 Å². The SMILES string of the molecule is CCCN(CCO)C(=O)c1ccc(C)c(Cl)c1. The number of aryl methyl sites for hydroxylation is 1. The lowest BCUT2D eigenvalue weighted by atomic mass is 10.1. The molecule has 1 N–H and O–H groups in total. The first-order chi connectivity index (χ1) is 8.10. The highest BCUT2D eigenvalue weighted by molar-refractivity contribution is 6.31. The molecule has 94 valence electrons. The van der Waals surface area contributed by atoms with Crippen molar-refractivity contribution < 1.29 is 9.90 Å². The maximum absolute atomic E-state index is 12.1. The summed E-state index contributed by atoms with van der Waals surface area (Å²) in [5.74, 6) is -0.0807. The highest BCUT2D eigenvalue weighted by atomic mass is 35.5. The molecular weight excluding hydrogens is 238 g/mol. The third-order valence-electron chi connectivity index (χ3n) is 2.57. The van der Waals surface area contributed by atoms with Crippen molar-refractivity contribution >= 4 is 17.5 Å². The lowest BCUT2D eigenvalue weighted by molar-refractivity contribution is 0.0722. The van der Waals surface area contributed by atoms with Crippen molar-refractivity contribution in [3.8, 4) is 0 Å². The molecule has 0 aliphatic carbocycles. The Morgan fingerprint density at radius 1 is 1.41 bits per heavy atom. The summed E-state index contributed by atoms with van der Waals surface area (Å²) in [4.78, 5) is 13.8. The molecule has 3 nitrogen and oxygen atoms in total. The minimum Gasteiger partial charge on any atom is -0.395 e. The van der Waals surface area contributed by atoms with E-state index < -0.39 is 0 Å². The quantitative estimate of drug-likeness (QED) is 0.878. The number of hydrogen-bond donors (Lipinski definition) is 1. The van der Waals surface area contributed by atoms with E-state index in [0.29, 0.717) is 23.7 Å². The number of carbonyl (C=O) groups is 1. The molecule has 0 atom stereocenters. The number of carbonyl (C=O) groups excluding carboxylic acids is 1. The topological polar surface area (TPSA) is 40.5 Å². The van der Waals surface area contributed by atoms with E-state index in [1.165, 1.54) is 0 Å². The summed E-state index contributed by atoms with van der Waals surface area (Å²) in [7, 11) is 0. The number of hydrogen-bond acceptors (Lipinski definition) is 2. The summed E-state index contributed by atoms with van der Waals surface area (Å²) in [6, 6.07) is 5.28. The van der Waals surface area contributed by atoms with Gasteiger partial charge in [0.2, 0.25) is 0 Å². The maximum atomic E-state index is 12.1. The third-order valence-corrected chi connectivity index (χ3v) is 2.98. The molecule has 1 aromatic carbocycles. The molecule has 0 unspecified atom stereocenters. The van der Waals surface area contributed by atoms with Gasteiger partial charge in [-0.25, -0.2) is 0 Å². The normalized spacial score (nSPS) is 10.4. The van der Waals surface area contributed by atoms with Gasteiger partial charge in [-0.05, 0) is 31.0 Å². The average molecular weight is 256 g/mol. The number of nitrogens with zero attached hydrogens (tertiary/aromatic N) is 1. The summed E-state index contributed by atoms with van der Waals surface area (Å²) in [5.41, 5.74) is 1.52. The molecule has 1 aromatic rings. The number of aliphatic hydroxyl groups excluding tert-OH is 1. The van der Waals surface area contributed by atoms with Gasteiger partial charge in [0, 0.05) is 23.7 Å². The second kappa shape index (κ2) is 6.62. The second-order valence-electron chi connectivity index (χ2n) is 3.98. The van der Waals surface area contributed by atoms with Gasteiger partial charge in [-0.2, -0.15) is 0 Å². The number of rotatable bonds is 5. The van der Waals surface area contributed by atoms with Crippen molar-refractivity contribution in [2.24, 2.45) is 0 Å². The van der Waals surface area contributed by atoms with Gasteiger partial charge in [-0.1, -0.05) is 24.6 Å². The zero-order chi connectivity index (χ0) is 12.8. The van der Waals surface area contributed by atoms with Crippen molar-refractivity contribution in [1.82, 2.24) is 4.90 Å². The van der Waals surface area contributed by atoms with E-state index >= 15 is 0 Å². The first-order valence-electron chi connectivity index (χ1n) is 5.76. The van der Waals surface area contributed by atoms with Crippen molar-refractivity contribution in [3.63, 3.8) is 0 Å². The predicted octanol–water partition coefficient (Wildman–Crippen LogP) is 2.49. The van der Waals surface area contributed by atoms with Crippen LogP contribution in [-0.4, -0.2) is 35.6 Å². The van der Waals surface area contributed by atoms with Crippen LogP contribution in [0.3, 0.4) is 0 Å². The largest absolute Gasteiger partial charge is 0.395 e. The van der Waals surface area contributed by atoms with Crippen LogP contribution in [0.1, 0.15) is 29.3 Å². The van der Waals surface area contributed by atoms with Crippen LogP contribution in [0.2, 0.25) is 5.02 Å². The van der Waals surface area contributed by atoms with Crippen LogP contribution in [0, 0.1) is 6.92 Å². The van der Waals surface area contributed by atoms with E-state index in [9.17, 15) is 4.79 Å². The number of halogens is 1. The van der Waals surface area contributed by atoms with Crippen LogP contribution in [0.15, 0.2) is 18.2 Å². The summed E-state index contributed by atoms with van der Waals surface area (Å²) < 4.78 is 0. The first-order valence-corrected chi connectivity index (χ1v) is 6.14. The summed E-state index contributed by atoms with van der Waals surface area (Å²) in [6.45, 7) is 4.88. The van der Waals surface area contributed by atoms with E-state index in [4.69, 9.17) is 16.7 Å². The van der Waals surface area contributed by atoms with Gasteiger partial charge in [-0.3, -0.25) is 4.79 Å². The molecule has 4 heteroatoms. The molecule has 0 fully saturated rings. The number of benzene rings is 1. The lowest BCUT2D eigenvalue weighted by Gasteiger charge is -2.21. The Balaban J connectivity index is 2.88. The van der Waals surface area contributed by atoms with Crippen molar-refractivity contribution in [3.05, 3.63) is 34.3 Å². The fourth-order valence-corrected chi connectivity index (χ4v) is 1.79. The minimum absolute atomic E-state index is 0.0225. The third kappa shape index (κ3) is 3.72. The molecule has 0 radical (unpaired) electrons. The first kappa shape index (κ1) is 14.0. The highest BCUT2D eigenvalue weighted by Crippen LogP contribution is 2.18. The standard InChI is InChI=1S/C13H18ClNO2/c1-3-6-15(7-8-16)13(17)11-5-4-10(2)12(14)9-11/h4-5,9,16H,3,6-8H2,1-2H3. The highest BCUT2D eigenvalue weighted by Gasteiger charge is 2.14. The average Bonchev–Trinajstić information content (AvgIpc) is 2.31. The molecule has 0 saturated carbocycles. The Morgan fingerprint density at radius 3 is 2.65 bits per heavy atom. The van der Waals surface area contributed by atoms with Crippen LogP contribution in [0.4, 0.5) is 0 Å². The van der Waals surface area contributed by atoms with Crippen LogP contribution in [0.5, 0.6) is 0 Å². The molecule has 17 heavy (non-hydrogen) atoms. The zero-order valence-electron chi connectivity index (χ0n) is 10.2. The van der Waals surface area contributed by atoms with Crippen molar-refractivity contribution in [2.75, 3.05) is 19.7 Å². The van der Waals surface area contributed by atoms with Crippen LogP contribution in [0.25, 0.3) is 0 Å².